The number of hydrogen-bond donors (Lipinski definition) is 2. The van der Waals surface area contributed by atoms with Crippen molar-refractivity contribution in [2.75, 3.05) is 26.7 Å². The fraction of sp³-hybridized carbons (Fsp3) is 0.667. The lowest BCUT2D eigenvalue weighted by Gasteiger charge is -2.32. The van der Waals surface area contributed by atoms with E-state index in [1.165, 1.54) is 18.9 Å². The van der Waals surface area contributed by atoms with Gasteiger partial charge in [0.05, 0.1) is 6.10 Å². The molecule has 0 aromatic carbocycles. The summed E-state index contributed by atoms with van der Waals surface area (Å²) in [7, 11) is 1.31. The number of rotatable bonds is 5. The van der Waals surface area contributed by atoms with Crippen molar-refractivity contribution in [2.24, 2.45) is 0 Å². The summed E-state index contributed by atoms with van der Waals surface area (Å²) in [6.07, 6.45) is -0.783. The number of ether oxygens (including phenoxy) is 1. The van der Waals surface area contributed by atoms with Gasteiger partial charge in [0, 0.05) is 26.7 Å². The molecule has 0 bridgehead atoms. The Balaban J connectivity index is 2.77. The van der Waals surface area contributed by atoms with Gasteiger partial charge in [-0.1, -0.05) is 0 Å². The molecule has 4 amide bonds. The van der Waals surface area contributed by atoms with Crippen LogP contribution in [0.3, 0.4) is 0 Å². The Morgan fingerprint density at radius 1 is 1.33 bits per heavy atom. The van der Waals surface area contributed by atoms with Crippen molar-refractivity contribution in [2.45, 2.75) is 26.0 Å². The van der Waals surface area contributed by atoms with Crippen molar-refractivity contribution in [3.8, 4) is 0 Å². The highest BCUT2D eigenvalue weighted by molar-refractivity contribution is 6.38. The quantitative estimate of drug-likeness (QED) is 0.621. The molecule has 21 heavy (non-hydrogen) atoms. The van der Waals surface area contributed by atoms with Crippen molar-refractivity contribution in [3.05, 3.63) is 0 Å². The Morgan fingerprint density at radius 3 is 2.43 bits per heavy atom. The summed E-state index contributed by atoms with van der Waals surface area (Å²) in [6.45, 7) is 3.82. The molecule has 2 N–H and O–H groups in total. The number of aliphatic carboxylic acids is 1. The van der Waals surface area contributed by atoms with Gasteiger partial charge in [0.15, 0.2) is 6.04 Å². The van der Waals surface area contributed by atoms with E-state index in [-0.39, 0.29) is 13.1 Å². The maximum absolute atomic E-state index is 12.0. The van der Waals surface area contributed by atoms with Gasteiger partial charge in [-0.05, 0) is 13.8 Å². The lowest BCUT2D eigenvalue weighted by atomic mass is 10.2. The molecular weight excluding hydrogens is 282 g/mol. The second-order valence-corrected chi connectivity index (χ2v) is 4.55. The van der Waals surface area contributed by atoms with Crippen LogP contribution in [-0.2, 0) is 19.1 Å². The van der Waals surface area contributed by atoms with Crippen LogP contribution >= 0.6 is 0 Å². The lowest BCUT2D eigenvalue weighted by Crippen LogP contribution is -2.61. The molecule has 9 heteroatoms. The molecule has 1 aliphatic heterocycles. The summed E-state index contributed by atoms with van der Waals surface area (Å²) in [5.74, 6) is -3.02. The van der Waals surface area contributed by atoms with Gasteiger partial charge in [0.1, 0.15) is 0 Å². The molecule has 2 atom stereocenters. The molecule has 2 unspecified atom stereocenters. The van der Waals surface area contributed by atoms with E-state index >= 15 is 0 Å². The number of carbonyl (C=O) groups excluding carboxylic acids is 3. The van der Waals surface area contributed by atoms with Gasteiger partial charge < -0.3 is 20.1 Å². The first-order valence-corrected chi connectivity index (χ1v) is 6.50. The number of methoxy groups -OCH3 is 1. The Bertz CT molecular complexity index is 452. The molecule has 1 heterocycles. The Labute approximate surface area is 121 Å². The smallest absolute Gasteiger partial charge is 0.328 e. The predicted octanol–water partition coefficient (Wildman–Crippen LogP) is -1.13. The number of carboxylic acids is 1. The molecule has 0 aliphatic carbocycles. The van der Waals surface area contributed by atoms with Crippen LogP contribution in [-0.4, -0.2) is 77.6 Å². The molecule has 0 aromatic rings. The number of nitrogens with one attached hydrogen (secondary N) is 1. The van der Waals surface area contributed by atoms with Crippen molar-refractivity contribution in [1.82, 2.24) is 15.1 Å². The average Bonchev–Trinajstić information content (AvgIpc) is 2.46. The number of carbonyl (C=O) groups is 4. The number of imide groups is 1. The zero-order valence-electron chi connectivity index (χ0n) is 12.2. The van der Waals surface area contributed by atoms with Gasteiger partial charge in [-0.2, -0.15) is 0 Å². The number of carboxylic acid groups (broad SMARTS) is 1. The molecule has 118 valence electrons. The van der Waals surface area contributed by atoms with E-state index in [1.807, 2.05) is 0 Å². The fourth-order valence-electron chi connectivity index (χ4n) is 1.90. The van der Waals surface area contributed by atoms with Crippen LogP contribution in [0.4, 0.5) is 4.79 Å². The third-order valence-electron chi connectivity index (χ3n) is 3.32. The van der Waals surface area contributed by atoms with Crippen LogP contribution in [0.5, 0.6) is 0 Å². The van der Waals surface area contributed by atoms with E-state index in [0.717, 1.165) is 0 Å². The number of urea groups is 1. The second kappa shape index (κ2) is 7.02. The van der Waals surface area contributed by atoms with E-state index < -0.39 is 36.0 Å². The first-order chi connectivity index (χ1) is 9.83. The SMILES string of the molecule is CCN1CCN(C(=O)NC(C(=O)O)C(C)OC)C(=O)C1=O. The third kappa shape index (κ3) is 3.69. The van der Waals surface area contributed by atoms with Crippen LogP contribution in [0.1, 0.15) is 13.8 Å². The van der Waals surface area contributed by atoms with Crippen molar-refractivity contribution < 1.29 is 29.0 Å². The van der Waals surface area contributed by atoms with Gasteiger partial charge in [0.25, 0.3) is 0 Å². The van der Waals surface area contributed by atoms with E-state index in [4.69, 9.17) is 9.84 Å². The topological polar surface area (TPSA) is 116 Å². The summed E-state index contributed by atoms with van der Waals surface area (Å²) in [4.78, 5) is 48.6. The summed E-state index contributed by atoms with van der Waals surface area (Å²) in [6, 6.07) is -2.23. The van der Waals surface area contributed by atoms with Crippen LogP contribution in [0.15, 0.2) is 0 Å². The summed E-state index contributed by atoms with van der Waals surface area (Å²) in [5.41, 5.74) is 0. The first-order valence-electron chi connectivity index (χ1n) is 6.50. The fourth-order valence-corrected chi connectivity index (χ4v) is 1.90. The third-order valence-corrected chi connectivity index (χ3v) is 3.32. The minimum absolute atomic E-state index is 0.0257. The van der Waals surface area contributed by atoms with Crippen LogP contribution < -0.4 is 5.32 Å². The predicted molar refractivity (Wildman–Crippen MR) is 70.4 cm³/mol. The van der Waals surface area contributed by atoms with Crippen molar-refractivity contribution in [1.29, 1.82) is 0 Å². The molecule has 1 aliphatic rings. The van der Waals surface area contributed by atoms with Gasteiger partial charge in [0.2, 0.25) is 0 Å². The molecule has 0 radical (unpaired) electrons. The summed E-state index contributed by atoms with van der Waals surface area (Å²) < 4.78 is 4.87. The monoisotopic (exact) mass is 301 g/mol. The highest BCUT2D eigenvalue weighted by Gasteiger charge is 2.37. The van der Waals surface area contributed by atoms with Crippen LogP contribution in [0.2, 0.25) is 0 Å². The molecule has 0 spiro atoms. The summed E-state index contributed by atoms with van der Waals surface area (Å²) >= 11 is 0. The molecule has 1 saturated heterocycles. The van der Waals surface area contributed by atoms with E-state index in [0.29, 0.717) is 11.4 Å². The standard InChI is InChI=1S/C12H19N3O6/c1-4-14-5-6-15(10(17)9(14)16)12(20)13-8(11(18)19)7(2)21-3/h7-8H,4-6H2,1-3H3,(H,13,20)(H,18,19). The Morgan fingerprint density at radius 2 is 1.95 bits per heavy atom. The molecule has 1 rings (SSSR count). The maximum atomic E-state index is 12.0. The maximum Gasteiger partial charge on any atom is 0.328 e. The van der Waals surface area contributed by atoms with Crippen molar-refractivity contribution >= 4 is 23.8 Å². The van der Waals surface area contributed by atoms with Gasteiger partial charge in [-0.3, -0.25) is 14.5 Å². The van der Waals surface area contributed by atoms with Gasteiger partial charge in [-0.15, -0.1) is 0 Å². The Kier molecular flexibility index (Phi) is 5.65. The number of amides is 4. The minimum atomic E-state index is -1.31. The van der Waals surface area contributed by atoms with E-state index in [2.05, 4.69) is 5.32 Å². The molecular formula is C12H19N3O6. The van der Waals surface area contributed by atoms with Gasteiger partial charge >= 0.3 is 23.8 Å². The van der Waals surface area contributed by atoms with Crippen LogP contribution in [0.25, 0.3) is 0 Å². The van der Waals surface area contributed by atoms with Crippen molar-refractivity contribution in [3.63, 3.8) is 0 Å². The number of piperazine rings is 1. The average molecular weight is 301 g/mol. The normalized spacial score (nSPS) is 18.4. The highest BCUT2D eigenvalue weighted by atomic mass is 16.5. The number of hydrogen-bond acceptors (Lipinski definition) is 5. The number of likely N-dealkylation sites (N-methyl/N-ethyl adjacent to an activating group) is 1. The van der Waals surface area contributed by atoms with E-state index in [9.17, 15) is 19.2 Å². The highest BCUT2D eigenvalue weighted by Crippen LogP contribution is 2.07. The first kappa shape index (κ1) is 16.9. The number of nitrogens with zero attached hydrogens (tertiary/aromatic N) is 2. The lowest BCUT2D eigenvalue weighted by molar-refractivity contribution is -0.153. The molecule has 0 aromatic heterocycles. The summed E-state index contributed by atoms with van der Waals surface area (Å²) in [5, 5.41) is 11.2. The largest absolute Gasteiger partial charge is 0.480 e. The molecule has 1 fully saturated rings. The minimum Gasteiger partial charge on any atom is -0.480 e. The Hall–Kier alpha value is -2.16. The second-order valence-electron chi connectivity index (χ2n) is 4.55. The molecule has 9 nitrogen and oxygen atoms in total. The van der Waals surface area contributed by atoms with E-state index in [1.54, 1.807) is 6.92 Å². The van der Waals surface area contributed by atoms with Gasteiger partial charge in [-0.25, -0.2) is 9.59 Å². The van der Waals surface area contributed by atoms with Crippen LogP contribution in [0, 0.1) is 0 Å². The zero-order chi connectivity index (χ0) is 16.2. The molecule has 0 saturated carbocycles. The zero-order valence-corrected chi connectivity index (χ0v) is 12.2.